The molecule has 0 atom stereocenters. The summed E-state index contributed by atoms with van der Waals surface area (Å²) in [6.45, 7) is 3.69. The molecule has 0 unspecified atom stereocenters. The van der Waals surface area contributed by atoms with E-state index in [0.29, 0.717) is 11.3 Å². The quantitative estimate of drug-likeness (QED) is 0.573. The molecule has 0 aliphatic heterocycles. The molecule has 126 valence electrons. The van der Waals surface area contributed by atoms with Crippen LogP contribution in [0.5, 0.6) is 11.5 Å². The summed E-state index contributed by atoms with van der Waals surface area (Å²) in [5, 5.41) is 0. The summed E-state index contributed by atoms with van der Waals surface area (Å²) in [6.07, 6.45) is 0. The highest BCUT2D eigenvalue weighted by Gasteiger charge is 2.16. The maximum atomic E-state index is 12.1. The second-order valence-electron chi connectivity index (χ2n) is 5.13. The van der Waals surface area contributed by atoms with Crippen molar-refractivity contribution in [1.29, 1.82) is 0 Å². The number of hydrogen-bond acceptors (Lipinski definition) is 5. The van der Waals surface area contributed by atoms with Gasteiger partial charge in [-0.05, 0) is 49.7 Å². The number of esters is 1. The van der Waals surface area contributed by atoms with Crippen molar-refractivity contribution in [3.05, 3.63) is 59.2 Å². The standard InChI is InChI=1S/C19H20O5/c1-4-23-19(21)17-11-15(13(2)20)8-9-18(17)24-12-14-6-5-7-16(10-14)22-3/h5-11H,4,12H2,1-3H3. The molecular weight excluding hydrogens is 308 g/mol. The average molecular weight is 328 g/mol. The molecule has 0 aliphatic rings. The van der Waals surface area contributed by atoms with E-state index in [1.165, 1.54) is 13.0 Å². The number of carbonyl (C=O) groups is 2. The van der Waals surface area contributed by atoms with Gasteiger partial charge in [0, 0.05) is 5.56 Å². The number of ether oxygens (including phenoxy) is 3. The fourth-order valence-corrected chi connectivity index (χ4v) is 2.17. The third kappa shape index (κ3) is 4.35. The van der Waals surface area contributed by atoms with Gasteiger partial charge in [-0.3, -0.25) is 4.79 Å². The molecule has 0 heterocycles. The zero-order valence-electron chi connectivity index (χ0n) is 14.0. The predicted molar refractivity (Wildman–Crippen MR) is 89.7 cm³/mol. The summed E-state index contributed by atoms with van der Waals surface area (Å²) in [4.78, 5) is 23.7. The van der Waals surface area contributed by atoms with E-state index in [-0.39, 0.29) is 24.6 Å². The molecule has 0 amide bonds. The minimum Gasteiger partial charge on any atom is -0.497 e. The van der Waals surface area contributed by atoms with Gasteiger partial charge in [0.1, 0.15) is 23.7 Å². The number of rotatable bonds is 7. The fourth-order valence-electron chi connectivity index (χ4n) is 2.17. The molecule has 0 aromatic heterocycles. The van der Waals surface area contributed by atoms with Crippen LogP contribution >= 0.6 is 0 Å². The van der Waals surface area contributed by atoms with Gasteiger partial charge in [-0.1, -0.05) is 12.1 Å². The lowest BCUT2D eigenvalue weighted by molar-refractivity contribution is 0.0521. The van der Waals surface area contributed by atoms with E-state index < -0.39 is 5.97 Å². The second kappa shape index (κ2) is 8.15. The summed E-state index contributed by atoms with van der Waals surface area (Å²) in [7, 11) is 1.60. The van der Waals surface area contributed by atoms with Crippen molar-refractivity contribution in [2.45, 2.75) is 20.5 Å². The first-order valence-electron chi connectivity index (χ1n) is 7.63. The molecule has 5 heteroatoms. The zero-order valence-corrected chi connectivity index (χ0v) is 14.0. The maximum absolute atomic E-state index is 12.1. The Labute approximate surface area is 141 Å². The van der Waals surface area contributed by atoms with Gasteiger partial charge >= 0.3 is 5.97 Å². The summed E-state index contributed by atoms with van der Waals surface area (Å²) in [5.74, 6) is 0.469. The molecule has 2 rings (SSSR count). The number of benzene rings is 2. The topological polar surface area (TPSA) is 61.8 Å². The number of hydrogen-bond donors (Lipinski definition) is 0. The molecule has 2 aromatic rings. The van der Waals surface area contributed by atoms with Gasteiger partial charge in [-0.15, -0.1) is 0 Å². The number of Topliss-reactive ketones (excluding diaryl/α,β-unsaturated/α-hetero) is 1. The van der Waals surface area contributed by atoms with Crippen LogP contribution in [0.15, 0.2) is 42.5 Å². The van der Waals surface area contributed by atoms with Crippen LogP contribution in [0.3, 0.4) is 0 Å². The van der Waals surface area contributed by atoms with Crippen molar-refractivity contribution in [3.8, 4) is 11.5 Å². The molecular formula is C19H20O5. The van der Waals surface area contributed by atoms with Crippen molar-refractivity contribution < 1.29 is 23.8 Å². The summed E-state index contributed by atoms with van der Waals surface area (Å²) in [5.41, 5.74) is 1.58. The Hall–Kier alpha value is -2.82. The van der Waals surface area contributed by atoms with Gasteiger partial charge in [-0.25, -0.2) is 4.79 Å². The lowest BCUT2D eigenvalue weighted by atomic mass is 10.1. The van der Waals surface area contributed by atoms with Gasteiger partial charge in [0.05, 0.1) is 13.7 Å². The second-order valence-corrected chi connectivity index (χ2v) is 5.13. The van der Waals surface area contributed by atoms with Crippen molar-refractivity contribution in [2.75, 3.05) is 13.7 Å². The smallest absolute Gasteiger partial charge is 0.341 e. The molecule has 0 radical (unpaired) electrons. The summed E-state index contributed by atoms with van der Waals surface area (Å²) >= 11 is 0. The van der Waals surface area contributed by atoms with Crippen LogP contribution in [-0.4, -0.2) is 25.5 Å². The van der Waals surface area contributed by atoms with Gasteiger partial charge in [0.15, 0.2) is 5.78 Å². The monoisotopic (exact) mass is 328 g/mol. The van der Waals surface area contributed by atoms with Crippen LogP contribution in [0, 0.1) is 0 Å². The third-order valence-electron chi connectivity index (χ3n) is 3.41. The normalized spacial score (nSPS) is 10.1. The minimum atomic E-state index is -0.513. The number of carbonyl (C=O) groups excluding carboxylic acids is 2. The molecule has 0 saturated heterocycles. The Morgan fingerprint density at radius 3 is 2.54 bits per heavy atom. The van der Waals surface area contributed by atoms with E-state index in [0.717, 1.165) is 11.3 Å². The highest BCUT2D eigenvalue weighted by Crippen LogP contribution is 2.23. The molecule has 5 nitrogen and oxygen atoms in total. The molecule has 0 bridgehead atoms. The van der Waals surface area contributed by atoms with Gasteiger partial charge < -0.3 is 14.2 Å². The van der Waals surface area contributed by atoms with Crippen LogP contribution in [0.2, 0.25) is 0 Å². The lowest BCUT2D eigenvalue weighted by Gasteiger charge is -2.12. The highest BCUT2D eigenvalue weighted by molar-refractivity contribution is 5.99. The third-order valence-corrected chi connectivity index (χ3v) is 3.41. The van der Waals surface area contributed by atoms with Crippen molar-refractivity contribution >= 4 is 11.8 Å². The van der Waals surface area contributed by atoms with E-state index in [9.17, 15) is 9.59 Å². The summed E-state index contributed by atoms with van der Waals surface area (Å²) in [6, 6.07) is 12.2. The Morgan fingerprint density at radius 1 is 1.08 bits per heavy atom. The Bertz CT molecular complexity index is 736. The van der Waals surface area contributed by atoms with Crippen LogP contribution in [0.4, 0.5) is 0 Å². The molecule has 0 N–H and O–H groups in total. The van der Waals surface area contributed by atoms with Crippen molar-refractivity contribution in [3.63, 3.8) is 0 Å². The average Bonchev–Trinajstić information content (AvgIpc) is 2.60. The van der Waals surface area contributed by atoms with Crippen LogP contribution in [0.25, 0.3) is 0 Å². The largest absolute Gasteiger partial charge is 0.497 e. The van der Waals surface area contributed by atoms with Crippen LogP contribution in [0.1, 0.15) is 40.1 Å². The van der Waals surface area contributed by atoms with E-state index in [2.05, 4.69) is 0 Å². The first-order valence-corrected chi connectivity index (χ1v) is 7.63. The van der Waals surface area contributed by atoms with Crippen molar-refractivity contribution in [1.82, 2.24) is 0 Å². The van der Waals surface area contributed by atoms with Crippen LogP contribution in [-0.2, 0) is 11.3 Å². The van der Waals surface area contributed by atoms with E-state index in [1.807, 2.05) is 24.3 Å². The SMILES string of the molecule is CCOC(=O)c1cc(C(C)=O)ccc1OCc1cccc(OC)c1. The first kappa shape index (κ1) is 17.5. The van der Waals surface area contributed by atoms with Gasteiger partial charge in [0.25, 0.3) is 0 Å². The molecule has 2 aromatic carbocycles. The molecule has 0 fully saturated rings. The minimum absolute atomic E-state index is 0.125. The number of methoxy groups -OCH3 is 1. The van der Waals surface area contributed by atoms with Gasteiger partial charge in [-0.2, -0.15) is 0 Å². The fraction of sp³-hybridized carbons (Fsp3) is 0.263. The molecule has 24 heavy (non-hydrogen) atoms. The molecule has 0 saturated carbocycles. The van der Waals surface area contributed by atoms with Crippen LogP contribution < -0.4 is 9.47 Å². The zero-order chi connectivity index (χ0) is 17.5. The maximum Gasteiger partial charge on any atom is 0.341 e. The number of ketones is 1. The van der Waals surface area contributed by atoms with E-state index in [4.69, 9.17) is 14.2 Å². The Balaban J connectivity index is 2.24. The first-order chi connectivity index (χ1) is 11.5. The molecule has 0 aliphatic carbocycles. The Morgan fingerprint density at radius 2 is 1.88 bits per heavy atom. The lowest BCUT2D eigenvalue weighted by Crippen LogP contribution is -2.09. The van der Waals surface area contributed by atoms with E-state index >= 15 is 0 Å². The molecule has 0 spiro atoms. The van der Waals surface area contributed by atoms with Gasteiger partial charge in [0.2, 0.25) is 0 Å². The Kier molecular flexibility index (Phi) is 5.95. The predicted octanol–water partition coefficient (Wildman–Crippen LogP) is 3.65. The van der Waals surface area contributed by atoms with E-state index in [1.54, 1.807) is 26.2 Å². The highest BCUT2D eigenvalue weighted by atomic mass is 16.5. The summed E-state index contributed by atoms with van der Waals surface area (Å²) < 4.78 is 16.0. The van der Waals surface area contributed by atoms with Crippen molar-refractivity contribution in [2.24, 2.45) is 0 Å².